The molecule has 2 N–H and O–H groups in total. The molecule has 3 rings (SSSR count). The van der Waals surface area contributed by atoms with Gasteiger partial charge in [0.05, 0.1) is 1.37 Å². The van der Waals surface area contributed by atoms with Gasteiger partial charge in [0.1, 0.15) is 28.2 Å². The van der Waals surface area contributed by atoms with E-state index in [1.165, 1.54) is 6.07 Å². The third kappa shape index (κ3) is 1.93. The number of aromatic hydroxyl groups is 2. The molecule has 0 saturated carbocycles. The number of fused-ring (bicyclic) bond motifs is 1. The van der Waals surface area contributed by atoms with Crippen molar-refractivity contribution in [2.75, 3.05) is 0 Å². The van der Waals surface area contributed by atoms with Crippen LogP contribution in [0.1, 0.15) is 1.37 Å². The molecule has 0 aliphatic carbocycles. The Balaban J connectivity index is 2.40. The molecule has 4 heteroatoms. The first-order valence-corrected chi connectivity index (χ1v) is 5.62. The number of hydrogen-bond donors (Lipinski definition) is 2. The van der Waals surface area contributed by atoms with Crippen molar-refractivity contribution < 1.29 is 16.0 Å². The molecule has 2 aromatic carbocycles. The summed E-state index contributed by atoms with van der Waals surface area (Å²) in [6.45, 7) is 0. The van der Waals surface area contributed by atoms with Crippen LogP contribution < -0.4 is 5.43 Å². The summed E-state index contributed by atoms with van der Waals surface area (Å²) in [6, 6.07) is 10.8. The predicted octanol–water partition coefficient (Wildman–Crippen LogP) is 2.87. The number of phenols is 2. The highest BCUT2D eigenvalue weighted by Crippen LogP contribution is 2.30. The van der Waals surface area contributed by atoms with Gasteiger partial charge in [-0.2, -0.15) is 0 Å². The molecule has 0 radical (unpaired) electrons. The Morgan fingerprint density at radius 2 is 1.84 bits per heavy atom. The molecule has 0 saturated heterocycles. The van der Waals surface area contributed by atoms with Crippen molar-refractivity contribution in [3.8, 4) is 22.8 Å². The van der Waals surface area contributed by atoms with Gasteiger partial charge in [0.15, 0.2) is 5.43 Å². The monoisotopic (exact) mass is 255 g/mol. The third-order valence-electron chi connectivity index (χ3n) is 2.78. The summed E-state index contributed by atoms with van der Waals surface area (Å²) in [7, 11) is 0. The van der Waals surface area contributed by atoms with E-state index in [1.54, 1.807) is 24.3 Å². The van der Waals surface area contributed by atoms with Gasteiger partial charge in [-0.15, -0.1) is 0 Å². The smallest absolute Gasteiger partial charge is 0.197 e. The van der Waals surface area contributed by atoms with Crippen LogP contribution in [0.4, 0.5) is 0 Å². The molecule has 3 aromatic rings. The van der Waals surface area contributed by atoms with Crippen LogP contribution >= 0.6 is 0 Å². The van der Waals surface area contributed by atoms with Crippen LogP contribution in [-0.2, 0) is 0 Å². The highest BCUT2D eigenvalue weighted by atomic mass is 16.3. The Kier molecular flexibility index (Phi) is 2.24. The lowest BCUT2D eigenvalue weighted by atomic mass is 10.1. The van der Waals surface area contributed by atoms with Gasteiger partial charge >= 0.3 is 0 Å². The minimum atomic E-state index is -0.462. The van der Waals surface area contributed by atoms with Crippen LogP contribution in [0.2, 0.25) is 0 Å². The second-order valence-electron chi connectivity index (χ2n) is 4.08. The molecule has 0 aliphatic rings. The van der Waals surface area contributed by atoms with Crippen LogP contribution in [0.5, 0.6) is 11.5 Å². The molecular formula is C15H10O4. The average Bonchev–Trinajstić information content (AvgIpc) is 2.45. The fraction of sp³-hybridized carbons (Fsp3) is 0. The molecule has 0 unspecified atom stereocenters. The van der Waals surface area contributed by atoms with Crippen molar-refractivity contribution in [1.82, 2.24) is 0 Å². The lowest BCUT2D eigenvalue weighted by Crippen LogP contribution is -2.00. The first-order valence-electron chi connectivity index (χ1n) is 6.12. The van der Waals surface area contributed by atoms with E-state index in [1.807, 2.05) is 6.07 Å². The molecule has 1 heterocycles. The van der Waals surface area contributed by atoms with E-state index < -0.39 is 16.9 Å². The lowest BCUT2D eigenvalue weighted by Gasteiger charge is -2.04. The summed E-state index contributed by atoms with van der Waals surface area (Å²) < 4.78 is 13.3. The van der Waals surface area contributed by atoms with E-state index in [9.17, 15) is 15.0 Å². The van der Waals surface area contributed by atoms with Crippen LogP contribution in [0, 0.1) is 0 Å². The maximum Gasteiger partial charge on any atom is 0.197 e. The zero-order chi connectivity index (χ0) is 14.3. The van der Waals surface area contributed by atoms with Gasteiger partial charge in [0, 0.05) is 23.7 Å². The maximum atomic E-state index is 12.1. The molecule has 0 aliphatic heterocycles. The molecule has 0 amide bonds. The number of hydrogen-bond acceptors (Lipinski definition) is 4. The van der Waals surface area contributed by atoms with Gasteiger partial charge in [-0.3, -0.25) is 4.79 Å². The van der Waals surface area contributed by atoms with Crippen molar-refractivity contribution in [3.05, 3.63) is 58.7 Å². The quantitative estimate of drug-likeness (QED) is 0.701. The Bertz CT molecular complexity index is 853. The maximum absolute atomic E-state index is 12.1. The highest BCUT2D eigenvalue weighted by molar-refractivity contribution is 5.85. The van der Waals surface area contributed by atoms with E-state index in [4.69, 9.17) is 5.79 Å². The minimum absolute atomic E-state index is 0.104. The Hall–Kier alpha value is -2.75. The topological polar surface area (TPSA) is 70.7 Å². The molecule has 1 aromatic heterocycles. The summed E-state index contributed by atoms with van der Waals surface area (Å²) in [5, 5.41) is 19.2. The summed E-state index contributed by atoms with van der Waals surface area (Å²) in [6.07, 6.45) is 0. The van der Waals surface area contributed by atoms with Gasteiger partial charge < -0.3 is 14.6 Å². The first kappa shape index (κ1) is 10.2. The van der Waals surface area contributed by atoms with Crippen LogP contribution in [0.15, 0.2) is 57.7 Å². The molecule has 4 nitrogen and oxygen atoms in total. The second-order valence-corrected chi connectivity index (χ2v) is 4.08. The van der Waals surface area contributed by atoms with Crippen molar-refractivity contribution in [2.45, 2.75) is 0 Å². The average molecular weight is 255 g/mol. The molecule has 0 spiro atoms. The zero-order valence-electron chi connectivity index (χ0n) is 10.8. The van der Waals surface area contributed by atoms with Gasteiger partial charge in [-0.25, -0.2) is 0 Å². The second kappa shape index (κ2) is 4.17. The predicted molar refractivity (Wildman–Crippen MR) is 71.2 cm³/mol. The van der Waals surface area contributed by atoms with E-state index in [0.29, 0.717) is 5.56 Å². The van der Waals surface area contributed by atoms with E-state index in [-0.39, 0.29) is 22.8 Å². The molecule has 0 atom stereocenters. The standard InChI is InChI=1S/C15H10O4/c16-10-6-11(17)15-12(18)8-13(19-14(15)7-10)9-4-2-1-3-5-9/h1-8,16-17H/i7D. The molecule has 0 fully saturated rings. The Morgan fingerprint density at radius 3 is 2.58 bits per heavy atom. The molecule has 94 valence electrons. The van der Waals surface area contributed by atoms with E-state index in [2.05, 4.69) is 0 Å². The van der Waals surface area contributed by atoms with Gasteiger partial charge in [-0.05, 0) is 0 Å². The SMILES string of the molecule is [2H]c1c(O)cc(O)c2c(=O)cc(-c3ccccc3)oc12. The minimum Gasteiger partial charge on any atom is -0.508 e. The summed E-state index contributed by atoms with van der Waals surface area (Å²) in [4.78, 5) is 12.1. The molecule has 19 heavy (non-hydrogen) atoms. The van der Waals surface area contributed by atoms with Gasteiger partial charge in [-0.1, -0.05) is 30.3 Å². The van der Waals surface area contributed by atoms with Crippen LogP contribution in [-0.4, -0.2) is 10.2 Å². The number of phenolic OH excluding ortho intramolecular Hbond substituents is 2. The van der Waals surface area contributed by atoms with Crippen molar-refractivity contribution in [3.63, 3.8) is 0 Å². The molecular weight excluding hydrogens is 244 g/mol. The molecule has 0 bridgehead atoms. The normalized spacial score (nSPS) is 11.5. The van der Waals surface area contributed by atoms with Crippen molar-refractivity contribution >= 4 is 11.0 Å². The Morgan fingerprint density at radius 1 is 1.11 bits per heavy atom. The zero-order valence-corrected chi connectivity index (χ0v) is 9.75. The fourth-order valence-electron chi connectivity index (χ4n) is 1.92. The van der Waals surface area contributed by atoms with Crippen molar-refractivity contribution in [1.29, 1.82) is 0 Å². The highest BCUT2D eigenvalue weighted by Gasteiger charge is 2.11. The third-order valence-corrected chi connectivity index (χ3v) is 2.78. The number of benzene rings is 2. The summed E-state index contributed by atoms with van der Waals surface area (Å²) >= 11 is 0. The van der Waals surface area contributed by atoms with Gasteiger partial charge in [0.2, 0.25) is 0 Å². The van der Waals surface area contributed by atoms with Crippen LogP contribution in [0.3, 0.4) is 0 Å². The first-order chi connectivity index (χ1) is 9.58. The van der Waals surface area contributed by atoms with E-state index >= 15 is 0 Å². The lowest BCUT2D eigenvalue weighted by molar-refractivity contribution is 0.452. The van der Waals surface area contributed by atoms with Crippen LogP contribution in [0.25, 0.3) is 22.3 Å². The van der Waals surface area contributed by atoms with E-state index in [0.717, 1.165) is 6.07 Å². The summed E-state index contributed by atoms with van der Waals surface area (Å²) in [5.41, 5.74) is 0.0821. The largest absolute Gasteiger partial charge is 0.508 e. The van der Waals surface area contributed by atoms with Gasteiger partial charge in [0.25, 0.3) is 0 Å². The Labute approximate surface area is 109 Å². The van der Waals surface area contributed by atoms with Crippen molar-refractivity contribution in [2.24, 2.45) is 0 Å². The fourth-order valence-corrected chi connectivity index (χ4v) is 1.92. The summed E-state index contributed by atoms with van der Waals surface area (Å²) in [5.74, 6) is -0.563. The number of rotatable bonds is 1.